The van der Waals surface area contributed by atoms with E-state index in [9.17, 15) is 4.79 Å². The zero-order chi connectivity index (χ0) is 21.6. The van der Waals surface area contributed by atoms with E-state index < -0.39 is 11.4 Å². The summed E-state index contributed by atoms with van der Waals surface area (Å²) in [6, 6.07) is 11.8. The number of aromatic nitrogens is 1. The van der Waals surface area contributed by atoms with Crippen LogP contribution in [0.25, 0.3) is 11.1 Å². The van der Waals surface area contributed by atoms with Crippen molar-refractivity contribution in [3.05, 3.63) is 75.4 Å². The molecule has 5 N–H and O–H groups in total. The molecular weight excluding hydrogens is 392 g/mol. The number of anilines is 1. The average Bonchev–Trinajstić information content (AvgIpc) is 3.31. The summed E-state index contributed by atoms with van der Waals surface area (Å²) in [5.41, 5.74) is 12.1. The highest BCUT2D eigenvalue weighted by Crippen LogP contribution is 2.32. The number of nitrogens with zero attached hydrogens (tertiary/aromatic N) is 2. The lowest BCUT2D eigenvalue weighted by molar-refractivity contribution is 0.285. The monoisotopic (exact) mass is 418 g/mol. The molecule has 0 radical (unpaired) electrons. The van der Waals surface area contributed by atoms with Gasteiger partial charge >= 0.3 is 5.76 Å². The van der Waals surface area contributed by atoms with Gasteiger partial charge in [0, 0.05) is 30.5 Å². The zero-order valence-corrected chi connectivity index (χ0v) is 17.7. The Morgan fingerprint density at radius 2 is 2.06 bits per heavy atom. The molecule has 1 unspecified atom stereocenters. The van der Waals surface area contributed by atoms with Crippen molar-refractivity contribution in [2.75, 3.05) is 11.9 Å². The van der Waals surface area contributed by atoms with E-state index in [0.29, 0.717) is 17.1 Å². The highest BCUT2D eigenvalue weighted by molar-refractivity contribution is 5.95. The number of H-pyrrole nitrogens is 1. The van der Waals surface area contributed by atoms with Crippen LogP contribution in [0.4, 0.5) is 5.69 Å². The topological polar surface area (TPSA) is 112 Å². The maximum absolute atomic E-state index is 11.5. The summed E-state index contributed by atoms with van der Waals surface area (Å²) in [5.74, 6) is 0.0769. The van der Waals surface area contributed by atoms with Gasteiger partial charge in [-0.2, -0.15) is 0 Å². The summed E-state index contributed by atoms with van der Waals surface area (Å²) < 4.78 is 5.10. The first-order valence-corrected chi connectivity index (χ1v) is 10.5. The van der Waals surface area contributed by atoms with Crippen LogP contribution in [-0.4, -0.2) is 22.4 Å². The quantitative estimate of drug-likeness (QED) is 0.518. The van der Waals surface area contributed by atoms with Crippen LogP contribution >= 0.6 is 0 Å². The summed E-state index contributed by atoms with van der Waals surface area (Å²) in [7, 11) is 0. The molecule has 31 heavy (non-hydrogen) atoms. The molecule has 8 heteroatoms. The number of benzene rings is 2. The van der Waals surface area contributed by atoms with Gasteiger partial charge in [-0.25, -0.2) is 9.79 Å². The van der Waals surface area contributed by atoms with Crippen LogP contribution in [0, 0.1) is 0 Å². The molecule has 0 spiro atoms. The molecule has 160 valence electrons. The molecule has 8 nitrogen and oxygen atoms in total. The minimum absolute atomic E-state index is 0.490. The second-order valence-electron chi connectivity index (χ2n) is 8.24. The zero-order valence-electron chi connectivity index (χ0n) is 17.7. The summed E-state index contributed by atoms with van der Waals surface area (Å²) in [5, 5.41) is 6.55. The Kier molecular flexibility index (Phi) is 4.68. The number of fused-ring (bicyclic) bond motifs is 2. The molecule has 3 heterocycles. The molecule has 0 amide bonds. The summed E-state index contributed by atoms with van der Waals surface area (Å²) in [6.45, 7) is 7.22. The predicted molar refractivity (Wildman–Crippen MR) is 121 cm³/mol. The van der Waals surface area contributed by atoms with Crippen LogP contribution < -0.4 is 22.1 Å². The first-order valence-electron chi connectivity index (χ1n) is 10.5. The highest BCUT2D eigenvalue weighted by Gasteiger charge is 2.33. The van der Waals surface area contributed by atoms with Crippen molar-refractivity contribution in [3.8, 4) is 0 Å². The average molecular weight is 419 g/mol. The van der Waals surface area contributed by atoms with Crippen LogP contribution in [0.15, 0.2) is 62.4 Å². The molecule has 2 aromatic carbocycles. The van der Waals surface area contributed by atoms with Crippen molar-refractivity contribution in [3.63, 3.8) is 0 Å². The molecule has 0 saturated heterocycles. The molecule has 5 rings (SSSR count). The maximum Gasteiger partial charge on any atom is 0.417 e. The molecule has 0 bridgehead atoms. The normalized spacial score (nSPS) is 20.9. The van der Waals surface area contributed by atoms with Gasteiger partial charge in [0.2, 0.25) is 5.96 Å². The van der Waals surface area contributed by atoms with E-state index >= 15 is 0 Å². The molecule has 0 fully saturated rings. The van der Waals surface area contributed by atoms with Crippen LogP contribution in [-0.2, 0) is 18.8 Å². The number of oxazole rings is 1. The van der Waals surface area contributed by atoms with E-state index in [1.54, 1.807) is 6.07 Å². The number of hydrogen-bond acceptors (Lipinski definition) is 7. The minimum atomic E-state index is -1.06. The fraction of sp³-hybridized carbons (Fsp3) is 0.304. The predicted octanol–water partition coefficient (Wildman–Crippen LogP) is 2.93. The number of guanidine groups is 1. The SMILES string of the molecule is CCCN1Cc2ccc(NC3=NC(N)(c4ccc5oc(=O)[nH]c5c4)C(C)=CN3)cc2C1. The van der Waals surface area contributed by atoms with Crippen LogP contribution in [0.2, 0.25) is 0 Å². The van der Waals surface area contributed by atoms with Crippen molar-refractivity contribution in [2.45, 2.75) is 39.0 Å². The first kappa shape index (κ1) is 19.6. The highest BCUT2D eigenvalue weighted by atomic mass is 16.4. The Morgan fingerprint density at radius 1 is 1.23 bits per heavy atom. The molecular formula is C23H26N6O2. The second kappa shape index (κ2) is 7.40. The first-order chi connectivity index (χ1) is 14.9. The molecule has 2 aliphatic heterocycles. The summed E-state index contributed by atoms with van der Waals surface area (Å²) in [4.78, 5) is 21.4. The Balaban J connectivity index is 1.42. The van der Waals surface area contributed by atoms with Crippen molar-refractivity contribution < 1.29 is 4.42 Å². The minimum Gasteiger partial charge on any atom is -0.408 e. The van der Waals surface area contributed by atoms with E-state index in [-0.39, 0.29) is 0 Å². The third kappa shape index (κ3) is 3.54. The van der Waals surface area contributed by atoms with Crippen molar-refractivity contribution in [1.82, 2.24) is 15.2 Å². The second-order valence-corrected chi connectivity index (χ2v) is 8.24. The Hall–Kier alpha value is -3.36. The standard InChI is InChI=1S/C23H26N6O2/c1-3-8-29-12-15-4-6-18(9-16(15)13-29)26-21-25-11-14(2)23(24,28-21)17-5-7-20-19(10-17)27-22(30)31-20/h4-7,9-11H,3,8,12-13,24H2,1-2H3,(H,27,30)(H2,25,26,28). The largest absolute Gasteiger partial charge is 0.417 e. The molecule has 1 atom stereocenters. The molecule has 0 aliphatic carbocycles. The van der Waals surface area contributed by atoms with Crippen molar-refractivity contribution >= 4 is 22.7 Å². The smallest absolute Gasteiger partial charge is 0.408 e. The van der Waals surface area contributed by atoms with Crippen LogP contribution in [0.1, 0.15) is 37.0 Å². The lowest BCUT2D eigenvalue weighted by atomic mass is 9.93. The van der Waals surface area contributed by atoms with E-state index in [4.69, 9.17) is 15.1 Å². The molecule has 3 aromatic rings. The number of aliphatic imine (C=N–C) groups is 1. The van der Waals surface area contributed by atoms with Gasteiger partial charge in [0.25, 0.3) is 0 Å². The van der Waals surface area contributed by atoms with Gasteiger partial charge in [-0.05, 0) is 60.9 Å². The Labute approximate surface area is 179 Å². The van der Waals surface area contributed by atoms with E-state index in [1.807, 2.05) is 25.3 Å². The number of nitrogens with two attached hydrogens (primary N) is 1. The third-order valence-corrected chi connectivity index (χ3v) is 5.97. The van der Waals surface area contributed by atoms with Crippen molar-refractivity contribution in [2.24, 2.45) is 10.7 Å². The lowest BCUT2D eigenvalue weighted by Crippen LogP contribution is -2.44. The maximum atomic E-state index is 11.5. The van der Waals surface area contributed by atoms with Gasteiger partial charge in [0.1, 0.15) is 0 Å². The van der Waals surface area contributed by atoms with Gasteiger partial charge in [0.15, 0.2) is 11.2 Å². The molecule has 2 aliphatic rings. The number of rotatable bonds is 4. The van der Waals surface area contributed by atoms with Gasteiger partial charge in [-0.3, -0.25) is 15.6 Å². The van der Waals surface area contributed by atoms with Crippen LogP contribution in [0.5, 0.6) is 0 Å². The van der Waals surface area contributed by atoms with Crippen molar-refractivity contribution in [1.29, 1.82) is 0 Å². The number of hydrogen-bond donors (Lipinski definition) is 4. The van der Waals surface area contributed by atoms with E-state index in [2.05, 4.69) is 45.6 Å². The van der Waals surface area contributed by atoms with Crippen LogP contribution in [0.3, 0.4) is 0 Å². The van der Waals surface area contributed by atoms with Gasteiger partial charge in [-0.1, -0.05) is 19.1 Å². The number of nitrogens with one attached hydrogen (secondary N) is 3. The fourth-order valence-electron chi connectivity index (χ4n) is 4.28. The third-order valence-electron chi connectivity index (χ3n) is 5.97. The van der Waals surface area contributed by atoms with Gasteiger partial charge in [0.05, 0.1) is 5.52 Å². The lowest BCUT2D eigenvalue weighted by Gasteiger charge is -2.31. The van der Waals surface area contributed by atoms with E-state index in [1.165, 1.54) is 11.1 Å². The molecule has 1 aromatic heterocycles. The Bertz CT molecular complexity index is 1270. The van der Waals surface area contributed by atoms with Gasteiger partial charge in [-0.15, -0.1) is 0 Å². The summed E-state index contributed by atoms with van der Waals surface area (Å²) in [6.07, 6.45) is 3.01. The van der Waals surface area contributed by atoms with Gasteiger partial charge < -0.3 is 15.1 Å². The Morgan fingerprint density at radius 3 is 2.90 bits per heavy atom. The summed E-state index contributed by atoms with van der Waals surface area (Å²) >= 11 is 0. The fourth-order valence-corrected chi connectivity index (χ4v) is 4.28. The molecule has 0 saturated carbocycles. The number of aromatic amines is 1. The van der Waals surface area contributed by atoms with E-state index in [0.717, 1.165) is 42.9 Å².